The molecule has 0 spiro atoms. The molecule has 1 atom stereocenters. The largest absolute Gasteiger partial charge is 0.494 e. The van der Waals surface area contributed by atoms with Gasteiger partial charge in [0.15, 0.2) is 5.82 Å². The van der Waals surface area contributed by atoms with Crippen LogP contribution < -0.4 is 25.2 Å². The molecule has 12 heteroatoms. The number of ether oxygens (including phenoxy) is 1. The van der Waals surface area contributed by atoms with Gasteiger partial charge in [0.05, 0.1) is 35.6 Å². The SMILES string of the molecule is C=CC(=O)Nc1cc(Nc2ncc(C(=O)O)c(N3CC(C)(C)c4nc(C)ccc43)n2)c(OC)cc1N1CC[C@H](N(C)C)C1. The molecule has 3 aromatic rings. The first-order chi connectivity index (χ1) is 20.4. The van der Waals surface area contributed by atoms with Gasteiger partial charge in [0, 0.05) is 49.0 Å². The first kappa shape index (κ1) is 29.8. The molecule has 2 aromatic heterocycles. The maximum absolute atomic E-state index is 12.4. The number of anilines is 6. The van der Waals surface area contributed by atoms with Crippen LogP contribution in [0.15, 0.2) is 43.1 Å². The highest BCUT2D eigenvalue weighted by atomic mass is 16.5. The Morgan fingerprint density at radius 1 is 1.19 bits per heavy atom. The topological polar surface area (TPSA) is 136 Å². The lowest BCUT2D eigenvalue weighted by atomic mass is 9.91. The summed E-state index contributed by atoms with van der Waals surface area (Å²) in [6, 6.07) is 7.88. The van der Waals surface area contributed by atoms with E-state index in [-0.39, 0.29) is 28.7 Å². The number of carbonyl (C=O) groups excluding carboxylic acids is 1. The quantitative estimate of drug-likeness (QED) is 0.309. The number of hydrogen-bond donors (Lipinski definition) is 3. The summed E-state index contributed by atoms with van der Waals surface area (Å²) in [5.74, 6) is -0.535. The molecular weight excluding hydrogens is 548 g/mol. The summed E-state index contributed by atoms with van der Waals surface area (Å²) in [5.41, 5.74) is 4.13. The van der Waals surface area contributed by atoms with Crippen molar-refractivity contribution in [2.75, 3.05) is 61.3 Å². The Balaban J connectivity index is 1.55. The summed E-state index contributed by atoms with van der Waals surface area (Å²) in [6.07, 6.45) is 3.51. The number of carboxylic acids is 1. The minimum absolute atomic E-state index is 0.0273. The number of carbonyl (C=O) groups is 2. The van der Waals surface area contributed by atoms with Crippen LogP contribution in [-0.4, -0.2) is 83.7 Å². The van der Waals surface area contributed by atoms with Crippen LogP contribution in [0.1, 0.15) is 42.0 Å². The normalized spacial score (nSPS) is 17.1. The minimum Gasteiger partial charge on any atom is -0.494 e. The monoisotopic (exact) mass is 586 g/mol. The number of benzene rings is 1. The zero-order valence-corrected chi connectivity index (χ0v) is 25.4. The summed E-state index contributed by atoms with van der Waals surface area (Å²) in [6.45, 7) is 11.8. The Bertz CT molecular complexity index is 1590. The van der Waals surface area contributed by atoms with Gasteiger partial charge < -0.3 is 35.2 Å². The van der Waals surface area contributed by atoms with E-state index < -0.39 is 5.97 Å². The first-order valence-electron chi connectivity index (χ1n) is 14.1. The summed E-state index contributed by atoms with van der Waals surface area (Å²) in [5, 5.41) is 16.1. The Hall–Kier alpha value is -4.71. The number of aromatic nitrogens is 3. The third kappa shape index (κ3) is 5.82. The predicted molar refractivity (Wildman–Crippen MR) is 167 cm³/mol. The average Bonchev–Trinajstić information content (AvgIpc) is 3.56. The fourth-order valence-corrected chi connectivity index (χ4v) is 5.68. The number of rotatable bonds is 9. The van der Waals surface area contributed by atoms with Gasteiger partial charge in [-0.15, -0.1) is 0 Å². The molecule has 0 unspecified atom stereocenters. The van der Waals surface area contributed by atoms with Crippen LogP contribution in [0.2, 0.25) is 0 Å². The lowest BCUT2D eigenvalue weighted by Gasteiger charge is -2.26. The zero-order chi connectivity index (χ0) is 31.1. The predicted octanol–water partition coefficient (Wildman–Crippen LogP) is 4.32. The number of aromatic carboxylic acids is 1. The highest BCUT2D eigenvalue weighted by Crippen LogP contribution is 2.44. The molecule has 0 aliphatic carbocycles. The number of likely N-dealkylation sites (N-methyl/N-ethyl adjacent to an activating group) is 1. The van der Waals surface area contributed by atoms with Crippen molar-refractivity contribution >= 4 is 46.4 Å². The lowest BCUT2D eigenvalue weighted by Crippen LogP contribution is -2.31. The van der Waals surface area contributed by atoms with Gasteiger partial charge >= 0.3 is 5.97 Å². The molecule has 12 nitrogen and oxygen atoms in total. The van der Waals surface area contributed by atoms with E-state index in [1.165, 1.54) is 12.3 Å². The van der Waals surface area contributed by atoms with Crippen molar-refractivity contribution in [2.24, 2.45) is 0 Å². The average molecular weight is 587 g/mol. The van der Waals surface area contributed by atoms with Gasteiger partial charge in [0.25, 0.3) is 0 Å². The number of nitrogens with zero attached hydrogens (tertiary/aromatic N) is 6. The van der Waals surface area contributed by atoms with E-state index in [4.69, 9.17) is 9.72 Å². The molecule has 1 saturated heterocycles. The lowest BCUT2D eigenvalue weighted by molar-refractivity contribution is -0.111. The summed E-state index contributed by atoms with van der Waals surface area (Å²) in [7, 11) is 5.69. The Morgan fingerprint density at radius 2 is 1.95 bits per heavy atom. The molecule has 43 heavy (non-hydrogen) atoms. The van der Waals surface area contributed by atoms with Crippen LogP contribution in [0.25, 0.3) is 0 Å². The van der Waals surface area contributed by atoms with Crippen LogP contribution in [-0.2, 0) is 10.2 Å². The second-order valence-corrected chi connectivity index (χ2v) is 11.8. The van der Waals surface area contributed by atoms with Crippen molar-refractivity contribution in [3.8, 4) is 5.75 Å². The van der Waals surface area contributed by atoms with E-state index in [1.807, 2.05) is 30.0 Å². The zero-order valence-electron chi connectivity index (χ0n) is 25.4. The number of pyridine rings is 1. The molecule has 3 N–H and O–H groups in total. The number of aryl methyl sites for hydroxylation is 1. The van der Waals surface area contributed by atoms with Crippen LogP contribution in [0.5, 0.6) is 5.75 Å². The van der Waals surface area contributed by atoms with Crippen LogP contribution in [0.3, 0.4) is 0 Å². The fourth-order valence-electron chi connectivity index (χ4n) is 5.68. The molecule has 226 valence electrons. The van der Waals surface area contributed by atoms with Crippen molar-refractivity contribution < 1.29 is 19.4 Å². The van der Waals surface area contributed by atoms with Gasteiger partial charge in [0.1, 0.15) is 11.3 Å². The van der Waals surface area contributed by atoms with Crippen molar-refractivity contribution in [1.29, 1.82) is 0 Å². The molecule has 4 heterocycles. The molecule has 2 aliphatic heterocycles. The number of hydrogen-bond acceptors (Lipinski definition) is 10. The second kappa shape index (κ2) is 11.5. The summed E-state index contributed by atoms with van der Waals surface area (Å²) in [4.78, 5) is 44.7. The first-order valence-corrected chi connectivity index (χ1v) is 14.1. The number of fused-ring (bicyclic) bond motifs is 1. The Morgan fingerprint density at radius 3 is 2.60 bits per heavy atom. The van der Waals surface area contributed by atoms with Crippen LogP contribution in [0, 0.1) is 6.92 Å². The molecule has 1 fully saturated rings. The number of amides is 1. The van der Waals surface area contributed by atoms with E-state index in [0.717, 1.165) is 42.3 Å². The van der Waals surface area contributed by atoms with E-state index >= 15 is 0 Å². The van der Waals surface area contributed by atoms with E-state index in [9.17, 15) is 14.7 Å². The molecule has 1 amide bonds. The van der Waals surface area contributed by atoms with Crippen molar-refractivity contribution in [3.05, 3.63) is 60.1 Å². The number of methoxy groups -OCH3 is 1. The number of nitrogens with one attached hydrogen (secondary N) is 2. The van der Waals surface area contributed by atoms with Gasteiger partial charge in [-0.3, -0.25) is 9.78 Å². The fraction of sp³-hybridized carbons (Fsp3) is 0.387. The van der Waals surface area contributed by atoms with Gasteiger partial charge in [-0.05, 0) is 51.7 Å². The van der Waals surface area contributed by atoms with Gasteiger partial charge in [-0.25, -0.2) is 9.78 Å². The molecule has 1 aromatic carbocycles. The van der Waals surface area contributed by atoms with Crippen molar-refractivity contribution in [1.82, 2.24) is 19.9 Å². The highest BCUT2D eigenvalue weighted by Gasteiger charge is 2.39. The molecule has 0 bridgehead atoms. The van der Waals surface area contributed by atoms with Gasteiger partial charge in [-0.1, -0.05) is 20.4 Å². The molecule has 5 rings (SSSR count). The third-order valence-electron chi connectivity index (χ3n) is 8.00. The molecular formula is C31H38N8O4. The van der Waals surface area contributed by atoms with Crippen LogP contribution >= 0.6 is 0 Å². The van der Waals surface area contributed by atoms with Crippen LogP contribution in [0.4, 0.5) is 34.5 Å². The van der Waals surface area contributed by atoms with Crippen molar-refractivity contribution in [3.63, 3.8) is 0 Å². The Labute approximate surface area is 251 Å². The highest BCUT2D eigenvalue weighted by molar-refractivity contribution is 6.02. The number of carboxylic acid groups (broad SMARTS) is 1. The molecule has 0 radical (unpaired) electrons. The van der Waals surface area contributed by atoms with Crippen molar-refractivity contribution in [2.45, 2.75) is 38.6 Å². The Kier molecular flexibility index (Phi) is 7.98. The van der Waals surface area contributed by atoms with E-state index in [2.05, 4.69) is 64.9 Å². The van der Waals surface area contributed by atoms with Gasteiger partial charge in [0.2, 0.25) is 11.9 Å². The standard InChI is InChI=1S/C31H38N8O4/c1-8-26(40)34-21-13-22(25(43-7)14-24(21)38-12-11-19(16-38)37(5)6)35-30-32-15-20(29(41)42)28(36-30)39-17-31(3,4)27-23(39)10-9-18(2)33-27/h8-10,13-15,19H,1,11-12,16-17H2,2-7H3,(H,34,40)(H,41,42)(H,32,35,36)/t19-/m0/s1. The van der Waals surface area contributed by atoms with E-state index in [0.29, 0.717) is 29.7 Å². The molecule has 2 aliphatic rings. The van der Waals surface area contributed by atoms with E-state index in [1.54, 1.807) is 13.2 Å². The maximum atomic E-state index is 12.4. The second-order valence-electron chi connectivity index (χ2n) is 11.8. The summed E-state index contributed by atoms with van der Waals surface area (Å²) < 4.78 is 5.75. The van der Waals surface area contributed by atoms with Gasteiger partial charge in [-0.2, -0.15) is 4.98 Å². The molecule has 0 saturated carbocycles. The summed E-state index contributed by atoms with van der Waals surface area (Å²) >= 11 is 0. The third-order valence-corrected chi connectivity index (χ3v) is 8.00. The maximum Gasteiger partial charge on any atom is 0.341 e. The minimum atomic E-state index is -1.13. The smallest absolute Gasteiger partial charge is 0.341 e.